The molecule has 0 saturated heterocycles. The topological polar surface area (TPSA) is 74.5 Å². The number of carbonyl (C=O) groups is 1. The van der Waals surface area contributed by atoms with Crippen molar-refractivity contribution < 1.29 is 18.7 Å². The highest BCUT2D eigenvalue weighted by Gasteiger charge is 2.22. The van der Waals surface area contributed by atoms with Gasteiger partial charge in [-0.15, -0.1) is 10.2 Å². The lowest BCUT2D eigenvalue weighted by Crippen LogP contribution is -2.15. The lowest BCUT2D eigenvalue weighted by Gasteiger charge is -2.12. The van der Waals surface area contributed by atoms with Crippen molar-refractivity contribution in [2.24, 2.45) is 0 Å². The lowest BCUT2D eigenvalue weighted by atomic mass is 9.97. The van der Waals surface area contributed by atoms with Crippen LogP contribution in [-0.2, 0) is 0 Å². The summed E-state index contributed by atoms with van der Waals surface area (Å²) >= 11 is 1.25. The fourth-order valence-corrected chi connectivity index (χ4v) is 3.74. The molecule has 0 fully saturated rings. The number of aromatic nitrogens is 2. The van der Waals surface area contributed by atoms with Gasteiger partial charge in [0.05, 0.1) is 19.5 Å². The summed E-state index contributed by atoms with van der Waals surface area (Å²) in [4.78, 5) is 12.9. The van der Waals surface area contributed by atoms with Gasteiger partial charge < -0.3 is 13.9 Å². The molecule has 0 bridgehead atoms. The van der Waals surface area contributed by atoms with E-state index >= 15 is 0 Å². The standard InChI is InChI=1S/C22H24N2O4S/c1-12-9-14(3)17(10-13(12)2)20(25)15(4)29-22-24-23-21(28-22)16-7-8-18(26-5)19(11-16)27-6/h7-11,15H,1-6H3/t15-/m1/s1. The number of benzene rings is 2. The quantitative estimate of drug-likeness (QED) is 0.397. The second kappa shape index (κ2) is 8.69. The molecule has 2 aromatic carbocycles. The van der Waals surface area contributed by atoms with E-state index in [1.165, 1.54) is 17.3 Å². The molecule has 0 N–H and O–H groups in total. The monoisotopic (exact) mass is 412 g/mol. The maximum Gasteiger partial charge on any atom is 0.277 e. The number of methoxy groups -OCH3 is 2. The molecule has 0 saturated carbocycles. The number of rotatable bonds is 7. The van der Waals surface area contributed by atoms with Crippen LogP contribution in [0.25, 0.3) is 11.5 Å². The fourth-order valence-electron chi connectivity index (χ4n) is 2.99. The molecule has 0 spiro atoms. The summed E-state index contributed by atoms with van der Waals surface area (Å²) in [6.07, 6.45) is 0. The number of nitrogens with zero attached hydrogens (tertiary/aromatic N) is 2. The summed E-state index contributed by atoms with van der Waals surface area (Å²) in [5.74, 6) is 1.59. The summed E-state index contributed by atoms with van der Waals surface area (Å²) in [6.45, 7) is 7.86. The Hall–Kier alpha value is -2.80. The molecular formula is C22H24N2O4S. The van der Waals surface area contributed by atoms with Gasteiger partial charge in [0.2, 0.25) is 5.89 Å². The van der Waals surface area contributed by atoms with Crippen LogP contribution in [0.1, 0.15) is 34.0 Å². The third-order valence-electron chi connectivity index (χ3n) is 4.79. The zero-order chi connectivity index (χ0) is 21.1. The van der Waals surface area contributed by atoms with Crippen molar-refractivity contribution in [3.05, 3.63) is 52.6 Å². The van der Waals surface area contributed by atoms with Crippen LogP contribution in [0.3, 0.4) is 0 Å². The molecule has 1 heterocycles. The fraction of sp³-hybridized carbons (Fsp3) is 0.318. The first-order valence-electron chi connectivity index (χ1n) is 9.18. The number of ether oxygens (including phenoxy) is 2. The highest BCUT2D eigenvalue weighted by molar-refractivity contribution is 8.00. The van der Waals surface area contributed by atoms with Crippen molar-refractivity contribution in [2.45, 2.75) is 38.2 Å². The molecule has 1 atom stereocenters. The Morgan fingerprint density at radius 1 is 0.966 bits per heavy atom. The molecule has 3 rings (SSSR count). The summed E-state index contributed by atoms with van der Waals surface area (Å²) in [6, 6.07) is 9.36. The van der Waals surface area contributed by atoms with Gasteiger partial charge >= 0.3 is 0 Å². The van der Waals surface area contributed by atoms with Gasteiger partial charge in [0, 0.05) is 11.1 Å². The number of hydrogen-bond donors (Lipinski definition) is 0. The van der Waals surface area contributed by atoms with Gasteiger partial charge in [0.1, 0.15) is 0 Å². The number of ketones is 1. The van der Waals surface area contributed by atoms with Crippen LogP contribution in [0, 0.1) is 20.8 Å². The molecule has 0 aliphatic heterocycles. The number of Topliss-reactive ketones (excluding diaryl/α,β-unsaturated/α-hetero) is 1. The van der Waals surface area contributed by atoms with Gasteiger partial charge in [0.25, 0.3) is 5.22 Å². The van der Waals surface area contributed by atoms with Crippen LogP contribution in [0.2, 0.25) is 0 Å². The van der Waals surface area contributed by atoms with Crippen molar-refractivity contribution in [1.29, 1.82) is 0 Å². The minimum Gasteiger partial charge on any atom is -0.493 e. The molecule has 0 aliphatic rings. The van der Waals surface area contributed by atoms with Crippen LogP contribution in [-0.4, -0.2) is 35.5 Å². The second-order valence-electron chi connectivity index (χ2n) is 6.82. The molecular weight excluding hydrogens is 388 g/mol. The summed E-state index contributed by atoms with van der Waals surface area (Å²) < 4.78 is 16.3. The molecule has 6 nitrogen and oxygen atoms in total. The third-order valence-corrected chi connectivity index (χ3v) is 5.72. The molecule has 0 unspecified atom stereocenters. The summed E-state index contributed by atoms with van der Waals surface area (Å²) in [5, 5.41) is 8.18. The lowest BCUT2D eigenvalue weighted by molar-refractivity contribution is 0.0993. The van der Waals surface area contributed by atoms with E-state index in [1.54, 1.807) is 26.4 Å². The second-order valence-corrected chi connectivity index (χ2v) is 8.11. The van der Waals surface area contributed by atoms with Crippen molar-refractivity contribution in [3.8, 4) is 23.0 Å². The van der Waals surface area contributed by atoms with Crippen molar-refractivity contribution in [2.75, 3.05) is 14.2 Å². The van der Waals surface area contributed by atoms with Crippen LogP contribution >= 0.6 is 11.8 Å². The normalized spacial score (nSPS) is 11.9. The first kappa shape index (κ1) is 20.9. The van der Waals surface area contributed by atoms with Crippen molar-refractivity contribution >= 4 is 17.5 Å². The minimum absolute atomic E-state index is 0.0430. The smallest absolute Gasteiger partial charge is 0.277 e. The van der Waals surface area contributed by atoms with Crippen molar-refractivity contribution in [3.63, 3.8) is 0 Å². The average molecular weight is 413 g/mol. The predicted octanol–water partition coefficient (Wildman–Crippen LogP) is 5.04. The van der Waals surface area contributed by atoms with E-state index in [9.17, 15) is 4.79 Å². The molecule has 3 aromatic rings. The van der Waals surface area contributed by atoms with E-state index in [0.29, 0.717) is 28.2 Å². The van der Waals surface area contributed by atoms with Gasteiger partial charge in [-0.25, -0.2) is 0 Å². The van der Waals surface area contributed by atoms with E-state index in [1.807, 2.05) is 45.9 Å². The number of thioether (sulfide) groups is 1. The van der Waals surface area contributed by atoms with E-state index < -0.39 is 0 Å². The van der Waals surface area contributed by atoms with Gasteiger partial charge in [-0.1, -0.05) is 17.8 Å². The number of aryl methyl sites for hydroxylation is 3. The zero-order valence-corrected chi connectivity index (χ0v) is 18.2. The largest absolute Gasteiger partial charge is 0.493 e. The molecule has 0 amide bonds. The Balaban J connectivity index is 1.78. The SMILES string of the molecule is COc1ccc(-c2nnc(S[C@H](C)C(=O)c3cc(C)c(C)cc3C)o2)cc1OC. The molecule has 0 radical (unpaired) electrons. The van der Waals surface area contributed by atoms with Crippen LogP contribution < -0.4 is 9.47 Å². The van der Waals surface area contributed by atoms with Crippen LogP contribution in [0.5, 0.6) is 11.5 Å². The first-order chi connectivity index (χ1) is 13.8. The van der Waals surface area contributed by atoms with E-state index in [4.69, 9.17) is 13.9 Å². The molecule has 1 aromatic heterocycles. The Morgan fingerprint density at radius 3 is 2.34 bits per heavy atom. The van der Waals surface area contributed by atoms with E-state index in [-0.39, 0.29) is 11.0 Å². The van der Waals surface area contributed by atoms with Gasteiger partial charge in [-0.05, 0) is 68.7 Å². The predicted molar refractivity (Wildman–Crippen MR) is 113 cm³/mol. The average Bonchev–Trinajstić information content (AvgIpc) is 3.18. The molecule has 152 valence electrons. The Labute approximate surface area is 174 Å². The van der Waals surface area contributed by atoms with Gasteiger partial charge in [-0.2, -0.15) is 0 Å². The van der Waals surface area contributed by atoms with Gasteiger partial charge in [-0.3, -0.25) is 4.79 Å². The van der Waals surface area contributed by atoms with Crippen LogP contribution in [0.15, 0.2) is 40.0 Å². The van der Waals surface area contributed by atoms with Gasteiger partial charge in [0.15, 0.2) is 17.3 Å². The highest BCUT2D eigenvalue weighted by atomic mass is 32.2. The summed E-state index contributed by atoms with van der Waals surface area (Å²) in [7, 11) is 3.15. The van der Waals surface area contributed by atoms with E-state index in [0.717, 1.165) is 16.7 Å². The van der Waals surface area contributed by atoms with E-state index in [2.05, 4.69) is 10.2 Å². The number of carbonyl (C=O) groups excluding carboxylic acids is 1. The molecule has 7 heteroatoms. The maximum absolute atomic E-state index is 12.9. The molecule has 29 heavy (non-hydrogen) atoms. The number of hydrogen-bond acceptors (Lipinski definition) is 7. The highest BCUT2D eigenvalue weighted by Crippen LogP contribution is 2.33. The first-order valence-corrected chi connectivity index (χ1v) is 10.1. The Kier molecular flexibility index (Phi) is 6.27. The van der Waals surface area contributed by atoms with Crippen molar-refractivity contribution in [1.82, 2.24) is 10.2 Å². The Bertz CT molecular complexity index is 1050. The Morgan fingerprint density at radius 2 is 1.66 bits per heavy atom. The molecule has 0 aliphatic carbocycles. The third kappa shape index (κ3) is 4.45. The van der Waals surface area contributed by atoms with Crippen LogP contribution in [0.4, 0.5) is 0 Å². The minimum atomic E-state index is -0.352. The summed E-state index contributed by atoms with van der Waals surface area (Å²) in [5.41, 5.74) is 4.70. The maximum atomic E-state index is 12.9. The zero-order valence-electron chi connectivity index (χ0n) is 17.4.